The maximum absolute atomic E-state index is 12.5. The highest BCUT2D eigenvalue weighted by atomic mass is 32.2. The second-order valence-electron chi connectivity index (χ2n) is 6.01. The summed E-state index contributed by atoms with van der Waals surface area (Å²) in [6.45, 7) is 1.08. The number of aromatic amines is 1. The van der Waals surface area contributed by atoms with Crippen LogP contribution in [0.1, 0.15) is 28.3 Å². The monoisotopic (exact) mass is 391 g/mol. The Bertz CT molecular complexity index is 1020. The van der Waals surface area contributed by atoms with Gasteiger partial charge in [0.25, 0.3) is 0 Å². The smallest absolute Gasteiger partial charge is 0.355 e. The molecule has 0 unspecified atom stereocenters. The third-order valence-corrected chi connectivity index (χ3v) is 7.13. The van der Waals surface area contributed by atoms with Crippen LogP contribution in [0.25, 0.3) is 10.2 Å². The van der Waals surface area contributed by atoms with Crippen molar-refractivity contribution in [1.29, 1.82) is 0 Å². The summed E-state index contributed by atoms with van der Waals surface area (Å²) in [5.74, 6) is -0.605. The van der Waals surface area contributed by atoms with Gasteiger partial charge in [0.2, 0.25) is 10.0 Å². The summed E-state index contributed by atoms with van der Waals surface area (Å²) in [7, 11) is -3.55. The normalized spacial score (nSPS) is 15.5. The molecule has 0 bridgehead atoms. The molecule has 0 saturated carbocycles. The zero-order valence-corrected chi connectivity index (χ0v) is 15.5. The molecule has 3 aromatic rings. The third-order valence-electron chi connectivity index (χ3n) is 4.24. The quantitative estimate of drug-likeness (QED) is 0.675. The number of nitrogens with zero attached hydrogens (tertiary/aromatic N) is 2. The molecule has 2 aromatic heterocycles. The summed E-state index contributed by atoms with van der Waals surface area (Å²) in [4.78, 5) is 19.4. The second kappa shape index (κ2) is 6.82. The Kier molecular flexibility index (Phi) is 4.51. The van der Waals surface area contributed by atoms with E-state index in [9.17, 15) is 13.2 Å². The summed E-state index contributed by atoms with van der Waals surface area (Å²) >= 11 is 1.46. The minimum atomic E-state index is -3.55. The number of H-pyrrole nitrogens is 1. The number of carbonyl (C=O) groups is 1. The third kappa shape index (κ3) is 3.25. The molecule has 7 nitrogen and oxygen atoms in total. The fourth-order valence-corrected chi connectivity index (χ4v) is 5.30. The van der Waals surface area contributed by atoms with Crippen LogP contribution in [0.15, 0.2) is 41.4 Å². The van der Waals surface area contributed by atoms with Crippen LogP contribution < -0.4 is 0 Å². The first-order chi connectivity index (χ1) is 12.5. The van der Waals surface area contributed by atoms with Gasteiger partial charge in [-0.1, -0.05) is 12.1 Å². The van der Waals surface area contributed by atoms with Crippen LogP contribution in [0.4, 0.5) is 0 Å². The second-order valence-corrected chi connectivity index (χ2v) is 9.06. The van der Waals surface area contributed by atoms with Crippen molar-refractivity contribution in [3.05, 3.63) is 47.2 Å². The lowest BCUT2D eigenvalue weighted by atomic mass is 10.3. The van der Waals surface area contributed by atoms with E-state index in [1.807, 2.05) is 24.3 Å². The number of para-hydroxylation sites is 1. The van der Waals surface area contributed by atoms with E-state index in [0.717, 1.165) is 23.1 Å². The van der Waals surface area contributed by atoms with Crippen LogP contribution in [0, 0.1) is 0 Å². The molecule has 4 rings (SSSR count). The molecule has 136 valence electrons. The molecule has 1 aliphatic heterocycles. The molecule has 0 amide bonds. The van der Waals surface area contributed by atoms with Crippen molar-refractivity contribution in [1.82, 2.24) is 14.3 Å². The molecule has 0 radical (unpaired) electrons. The molecule has 0 aliphatic carbocycles. The van der Waals surface area contributed by atoms with Crippen LogP contribution >= 0.6 is 11.3 Å². The van der Waals surface area contributed by atoms with Crippen LogP contribution in [-0.2, 0) is 21.4 Å². The van der Waals surface area contributed by atoms with E-state index in [0.29, 0.717) is 18.1 Å². The first kappa shape index (κ1) is 17.2. The van der Waals surface area contributed by atoms with E-state index in [1.54, 1.807) is 0 Å². The summed E-state index contributed by atoms with van der Waals surface area (Å²) in [5, 5.41) is 0.691. The maximum atomic E-state index is 12.5. The predicted octanol–water partition coefficient (Wildman–Crippen LogP) is 2.77. The van der Waals surface area contributed by atoms with E-state index in [4.69, 9.17) is 4.74 Å². The van der Waals surface area contributed by atoms with Gasteiger partial charge in [-0.3, -0.25) is 0 Å². The minimum absolute atomic E-state index is 0.0470. The van der Waals surface area contributed by atoms with Crippen molar-refractivity contribution in [3.63, 3.8) is 0 Å². The van der Waals surface area contributed by atoms with Gasteiger partial charge in [0.15, 0.2) is 0 Å². The highest BCUT2D eigenvalue weighted by Crippen LogP contribution is 2.23. The Labute approximate surface area is 154 Å². The van der Waals surface area contributed by atoms with Gasteiger partial charge in [-0.25, -0.2) is 18.2 Å². The van der Waals surface area contributed by atoms with Crippen molar-refractivity contribution in [2.24, 2.45) is 0 Å². The number of nitrogens with one attached hydrogen (secondary N) is 1. The average molecular weight is 391 g/mol. The molecule has 1 aliphatic rings. The van der Waals surface area contributed by atoms with Crippen LogP contribution in [0.2, 0.25) is 0 Å². The number of hydrogen-bond donors (Lipinski definition) is 1. The van der Waals surface area contributed by atoms with E-state index >= 15 is 0 Å². The van der Waals surface area contributed by atoms with Gasteiger partial charge in [-0.05, 0) is 31.0 Å². The summed E-state index contributed by atoms with van der Waals surface area (Å²) < 4.78 is 32.7. The minimum Gasteiger partial charge on any atom is -0.454 e. The molecule has 1 N–H and O–H groups in total. The standard InChI is InChI=1S/C17H17N3O4S2/c21-17(24-11-16-19-13-5-1-2-6-15(13)25-16)14-9-12(10-18-14)26(22,23)20-7-3-4-8-20/h1-2,5-6,9-10,18H,3-4,7-8,11H2. The van der Waals surface area contributed by atoms with Gasteiger partial charge in [-0.15, -0.1) is 11.3 Å². The number of rotatable bonds is 5. The van der Waals surface area contributed by atoms with Gasteiger partial charge < -0.3 is 9.72 Å². The largest absolute Gasteiger partial charge is 0.454 e. The summed E-state index contributed by atoms with van der Waals surface area (Å²) in [6.07, 6.45) is 3.06. The number of sulfonamides is 1. The van der Waals surface area contributed by atoms with E-state index in [-0.39, 0.29) is 17.2 Å². The zero-order chi connectivity index (χ0) is 18.1. The molecular formula is C17H17N3O4S2. The van der Waals surface area contributed by atoms with E-state index < -0.39 is 16.0 Å². The van der Waals surface area contributed by atoms with Crippen LogP contribution in [0.5, 0.6) is 0 Å². The molecule has 1 aromatic carbocycles. The number of ether oxygens (including phenoxy) is 1. The van der Waals surface area contributed by atoms with E-state index in [1.165, 1.54) is 27.9 Å². The van der Waals surface area contributed by atoms with Gasteiger partial charge >= 0.3 is 5.97 Å². The van der Waals surface area contributed by atoms with Crippen molar-refractivity contribution in [2.75, 3.05) is 13.1 Å². The number of aromatic nitrogens is 2. The molecule has 0 spiro atoms. The van der Waals surface area contributed by atoms with Gasteiger partial charge in [0.05, 0.1) is 10.2 Å². The fourth-order valence-electron chi connectivity index (χ4n) is 2.91. The van der Waals surface area contributed by atoms with Crippen LogP contribution in [0.3, 0.4) is 0 Å². The van der Waals surface area contributed by atoms with Gasteiger partial charge in [0, 0.05) is 19.3 Å². The first-order valence-electron chi connectivity index (χ1n) is 8.24. The molecule has 9 heteroatoms. The Balaban J connectivity index is 1.44. The number of hydrogen-bond acceptors (Lipinski definition) is 6. The molecular weight excluding hydrogens is 374 g/mol. The fraction of sp³-hybridized carbons (Fsp3) is 0.294. The first-order valence-corrected chi connectivity index (χ1v) is 10.5. The summed E-state index contributed by atoms with van der Waals surface area (Å²) in [5.41, 5.74) is 0.978. The highest BCUT2D eigenvalue weighted by Gasteiger charge is 2.28. The number of esters is 1. The SMILES string of the molecule is O=C(OCc1nc2ccccc2s1)c1cc(S(=O)(=O)N2CCCC2)c[nH]1. The molecule has 0 atom stereocenters. The predicted molar refractivity (Wildman–Crippen MR) is 97.5 cm³/mol. The summed E-state index contributed by atoms with van der Waals surface area (Å²) in [6, 6.07) is 9.02. The molecule has 1 fully saturated rings. The maximum Gasteiger partial charge on any atom is 0.355 e. The lowest BCUT2D eigenvalue weighted by molar-refractivity contribution is 0.0466. The van der Waals surface area contributed by atoms with Crippen molar-refractivity contribution >= 4 is 37.5 Å². The topological polar surface area (TPSA) is 92.4 Å². The Morgan fingerprint density at radius 3 is 2.81 bits per heavy atom. The van der Waals surface area contributed by atoms with Crippen molar-refractivity contribution in [3.8, 4) is 0 Å². The molecule has 3 heterocycles. The zero-order valence-electron chi connectivity index (χ0n) is 13.8. The molecule has 26 heavy (non-hydrogen) atoms. The average Bonchev–Trinajstić information content (AvgIpc) is 3.39. The van der Waals surface area contributed by atoms with Crippen molar-refractivity contribution in [2.45, 2.75) is 24.3 Å². The number of thiazole rings is 1. The van der Waals surface area contributed by atoms with Gasteiger partial charge in [-0.2, -0.15) is 4.31 Å². The van der Waals surface area contributed by atoms with E-state index in [2.05, 4.69) is 9.97 Å². The lowest BCUT2D eigenvalue weighted by Gasteiger charge is -2.13. The Morgan fingerprint density at radius 1 is 1.27 bits per heavy atom. The number of carbonyl (C=O) groups excluding carboxylic acids is 1. The Hall–Kier alpha value is -2.23. The highest BCUT2D eigenvalue weighted by molar-refractivity contribution is 7.89. The molecule has 1 saturated heterocycles. The number of benzene rings is 1. The van der Waals surface area contributed by atoms with Crippen molar-refractivity contribution < 1.29 is 17.9 Å². The van der Waals surface area contributed by atoms with Gasteiger partial charge in [0.1, 0.15) is 22.2 Å². The Morgan fingerprint density at radius 2 is 2.04 bits per heavy atom. The number of fused-ring (bicyclic) bond motifs is 1. The van der Waals surface area contributed by atoms with Crippen LogP contribution in [-0.4, -0.2) is 41.7 Å². The lowest BCUT2D eigenvalue weighted by Crippen LogP contribution is -2.27.